The summed E-state index contributed by atoms with van der Waals surface area (Å²) in [4.78, 5) is 12.9. The van der Waals surface area contributed by atoms with Crippen LogP contribution in [0, 0.1) is 24.0 Å². The van der Waals surface area contributed by atoms with Crippen LogP contribution >= 0.6 is 22.9 Å². The van der Waals surface area contributed by atoms with Crippen molar-refractivity contribution in [1.82, 2.24) is 0 Å². The highest BCUT2D eigenvalue weighted by Crippen LogP contribution is 2.29. The van der Waals surface area contributed by atoms with E-state index in [4.69, 9.17) is 11.6 Å². The standard InChI is InChI=1S/C13H13ClN2O2S/c1-8-5-11(19-9(8)2)7-15-12-4-3-10(14)6-13(12)16(17)18/h3-6,15H,7H2,1-2H3. The first-order valence-electron chi connectivity index (χ1n) is 5.71. The lowest BCUT2D eigenvalue weighted by atomic mass is 10.2. The summed E-state index contributed by atoms with van der Waals surface area (Å²) in [5, 5.41) is 14.4. The van der Waals surface area contributed by atoms with Gasteiger partial charge in [-0.1, -0.05) is 11.6 Å². The maximum Gasteiger partial charge on any atom is 0.293 e. The quantitative estimate of drug-likeness (QED) is 0.665. The van der Waals surface area contributed by atoms with Gasteiger partial charge in [0.1, 0.15) is 5.69 Å². The van der Waals surface area contributed by atoms with Gasteiger partial charge in [-0.3, -0.25) is 10.1 Å². The smallest absolute Gasteiger partial charge is 0.293 e. The molecule has 0 amide bonds. The third-order valence-corrected chi connectivity index (χ3v) is 4.21. The number of hydrogen-bond donors (Lipinski definition) is 1. The molecule has 1 N–H and O–H groups in total. The lowest BCUT2D eigenvalue weighted by Crippen LogP contribution is -2.01. The van der Waals surface area contributed by atoms with Gasteiger partial charge in [0.2, 0.25) is 0 Å². The van der Waals surface area contributed by atoms with Crippen molar-refractivity contribution in [1.29, 1.82) is 0 Å². The molecule has 0 aliphatic carbocycles. The van der Waals surface area contributed by atoms with E-state index in [9.17, 15) is 10.1 Å². The van der Waals surface area contributed by atoms with Crippen LogP contribution in [0.2, 0.25) is 5.02 Å². The molecule has 0 unspecified atom stereocenters. The fraction of sp³-hybridized carbons (Fsp3) is 0.231. The second-order valence-corrected chi connectivity index (χ2v) is 6.00. The first-order chi connectivity index (χ1) is 8.97. The van der Waals surface area contributed by atoms with Crippen LogP contribution in [0.5, 0.6) is 0 Å². The average Bonchev–Trinajstić information content (AvgIpc) is 2.67. The van der Waals surface area contributed by atoms with Crippen LogP contribution in [0.25, 0.3) is 0 Å². The number of nitro benzene ring substituents is 1. The molecule has 0 aliphatic heterocycles. The molecule has 4 nitrogen and oxygen atoms in total. The average molecular weight is 297 g/mol. The van der Waals surface area contributed by atoms with Crippen LogP contribution in [0.3, 0.4) is 0 Å². The molecule has 0 fully saturated rings. The van der Waals surface area contributed by atoms with E-state index in [1.165, 1.54) is 16.5 Å². The van der Waals surface area contributed by atoms with Crippen molar-refractivity contribution in [3.63, 3.8) is 0 Å². The van der Waals surface area contributed by atoms with Crippen LogP contribution < -0.4 is 5.32 Å². The molecule has 1 heterocycles. The fourth-order valence-corrected chi connectivity index (χ4v) is 2.88. The van der Waals surface area contributed by atoms with Gasteiger partial charge in [0, 0.05) is 27.4 Å². The Balaban J connectivity index is 2.17. The molecule has 0 spiro atoms. The molecule has 0 bridgehead atoms. The van der Waals surface area contributed by atoms with Gasteiger partial charge in [0.05, 0.1) is 4.92 Å². The minimum absolute atomic E-state index is 0.00231. The van der Waals surface area contributed by atoms with E-state index in [-0.39, 0.29) is 5.69 Å². The predicted molar refractivity (Wildman–Crippen MR) is 79.2 cm³/mol. The monoisotopic (exact) mass is 296 g/mol. The summed E-state index contributed by atoms with van der Waals surface area (Å²) in [7, 11) is 0. The Morgan fingerprint density at radius 2 is 2.11 bits per heavy atom. The molecular formula is C13H13ClN2O2S. The molecule has 0 aliphatic rings. The number of rotatable bonds is 4. The Kier molecular flexibility index (Phi) is 4.07. The van der Waals surface area contributed by atoms with Crippen molar-refractivity contribution in [2.24, 2.45) is 0 Å². The molecular weight excluding hydrogens is 284 g/mol. The van der Waals surface area contributed by atoms with E-state index in [1.54, 1.807) is 23.5 Å². The van der Waals surface area contributed by atoms with Crippen molar-refractivity contribution >= 4 is 34.3 Å². The fourth-order valence-electron chi connectivity index (χ4n) is 1.72. The van der Waals surface area contributed by atoms with Crippen molar-refractivity contribution < 1.29 is 4.92 Å². The van der Waals surface area contributed by atoms with Crippen LogP contribution in [-0.2, 0) is 6.54 Å². The van der Waals surface area contributed by atoms with E-state index in [1.807, 2.05) is 0 Å². The Morgan fingerprint density at radius 3 is 2.68 bits per heavy atom. The van der Waals surface area contributed by atoms with E-state index >= 15 is 0 Å². The third-order valence-electron chi connectivity index (χ3n) is 2.83. The first-order valence-corrected chi connectivity index (χ1v) is 6.90. The highest BCUT2D eigenvalue weighted by molar-refractivity contribution is 7.12. The van der Waals surface area contributed by atoms with E-state index in [0.29, 0.717) is 17.3 Å². The molecule has 0 radical (unpaired) electrons. The van der Waals surface area contributed by atoms with Crippen molar-refractivity contribution in [2.45, 2.75) is 20.4 Å². The predicted octanol–water partition coefficient (Wildman–Crippen LogP) is 4.54. The van der Waals surface area contributed by atoms with E-state index in [2.05, 4.69) is 25.2 Å². The second kappa shape index (κ2) is 5.59. The number of nitrogens with zero attached hydrogens (tertiary/aromatic N) is 1. The molecule has 100 valence electrons. The Morgan fingerprint density at radius 1 is 1.37 bits per heavy atom. The van der Waals surface area contributed by atoms with Gasteiger partial charge in [-0.05, 0) is 37.6 Å². The third kappa shape index (κ3) is 3.24. The number of aryl methyl sites for hydroxylation is 2. The minimum Gasteiger partial charge on any atom is -0.375 e. The molecule has 6 heteroatoms. The lowest BCUT2D eigenvalue weighted by Gasteiger charge is -2.05. The summed E-state index contributed by atoms with van der Waals surface area (Å²) in [6, 6.07) is 6.72. The number of benzene rings is 1. The number of thiophene rings is 1. The number of hydrogen-bond acceptors (Lipinski definition) is 4. The summed E-state index contributed by atoms with van der Waals surface area (Å²) in [5.41, 5.74) is 1.73. The van der Waals surface area contributed by atoms with Gasteiger partial charge in [-0.25, -0.2) is 0 Å². The van der Waals surface area contributed by atoms with Gasteiger partial charge in [0.15, 0.2) is 0 Å². The molecule has 0 atom stereocenters. The zero-order chi connectivity index (χ0) is 14.0. The molecule has 0 saturated heterocycles. The molecule has 1 aromatic carbocycles. The highest BCUT2D eigenvalue weighted by atomic mass is 35.5. The van der Waals surface area contributed by atoms with Gasteiger partial charge in [-0.15, -0.1) is 11.3 Å². The lowest BCUT2D eigenvalue weighted by molar-refractivity contribution is -0.383. The number of halogens is 1. The van der Waals surface area contributed by atoms with Gasteiger partial charge < -0.3 is 5.32 Å². The number of nitro groups is 1. The molecule has 2 aromatic rings. The van der Waals surface area contributed by atoms with Crippen LogP contribution in [0.15, 0.2) is 24.3 Å². The van der Waals surface area contributed by atoms with Gasteiger partial charge in [0.25, 0.3) is 5.69 Å². The van der Waals surface area contributed by atoms with Crippen LogP contribution in [-0.4, -0.2) is 4.92 Å². The number of nitrogens with one attached hydrogen (secondary N) is 1. The van der Waals surface area contributed by atoms with E-state index < -0.39 is 4.92 Å². The maximum absolute atomic E-state index is 11.0. The van der Waals surface area contributed by atoms with E-state index in [0.717, 1.165) is 4.88 Å². The Bertz CT molecular complexity index is 606. The molecule has 0 saturated carbocycles. The van der Waals surface area contributed by atoms with Crippen LogP contribution in [0.1, 0.15) is 15.3 Å². The van der Waals surface area contributed by atoms with Crippen molar-refractivity contribution in [3.05, 3.63) is 54.7 Å². The highest BCUT2D eigenvalue weighted by Gasteiger charge is 2.14. The van der Waals surface area contributed by atoms with Gasteiger partial charge in [-0.2, -0.15) is 0 Å². The minimum atomic E-state index is -0.431. The zero-order valence-corrected chi connectivity index (χ0v) is 12.1. The molecule has 19 heavy (non-hydrogen) atoms. The van der Waals surface area contributed by atoms with Gasteiger partial charge >= 0.3 is 0 Å². The summed E-state index contributed by atoms with van der Waals surface area (Å²) >= 11 is 7.46. The summed E-state index contributed by atoms with van der Waals surface area (Å²) in [5.74, 6) is 0. The van der Waals surface area contributed by atoms with Crippen molar-refractivity contribution in [3.8, 4) is 0 Å². The summed E-state index contributed by atoms with van der Waals surface area (Å²) in [6.45, 7) is 4.69. The second-order valence-electron chi connectivity index (χ2n) is 4.22. The maximum atomic E-state index is 11.0. The SMILES string of the molecule is Cc1cc(CNc2ccc(Cl)cc2[N+](=O)[O-])sc1C. The Labute approximate surface area is 120 Å². The summed E-state index contributed by atoms with van der Waals surface area (Å²) < 4.78 is 0. The first kappa shape index (κ1) is 13.8. The molecule has 1 aromatic heterocycles. The Hall–Kier alpha value is -1.59. The number of anilines is 1. The molecule has 2 rings (SSSR count). The normalized spacial score (nSPS) is 10.5. The topological polar surface area (TPSA) is 55.2 Å². The zero-order valence-electron chi connectivity index (χ0n) is 10.6. The van der Waals surface area contributed by atoms with Crippen molar-refractivity contribution in [2.75, 3.05) is 5.32 Å². The largest absolute Gasteiger partial charge is 0.375 e. The van der Waals surface area contributed by atoms with Crippen LogP contribution in [0.4, 0.5) is 11.4 Å². The summed E-state index contributed by atoms with van der Waals surface area (Å²) in [6.07, 6.45) is 0.